The highest BCUT2D eigenvalue weighted by Gasteiger charge is 2.38. The fourth-order valence-corrected chi connectivity index (χ4v) is 4.13. The molecule has 1 aromatic carbocycles. The predicted molar refractivity (Wildman–Crippen MR) is 67.1 cm³/mol. The number of alkyl halides is 3. The maximum atomic E-state index is 12.7. The van der Waals surface area contributed by atoms with Crippen molar-refractivity contribution >= 4 is 10.0 Å². The number of phenols is 1. The lowest BCUT2D eigenvalue weighted by atomic mass is 10.2. The van der Waals surface area contributed by atoms with E-state index in [9.17, 15) is 26.7 Å². The van der Waals surface area contributed by atoms with Crippen molar-refractivity contribution in [1.82, 2.24) is 4.31 Å². The minimum absolute atomic E-state index is 0.100. The Bertz CT molecular complexity index is 630. The van der Waals surface area contributed by atoms with Crippen LogP contribution in [-0.2, 0) is 16.2 Å². The highest BCUT2D eigenvalue weighted by atomic mass is 32.2. The third kappa shape index (κ3) is 2.99. The summed E-state index contributed by atoms with van der Waals surface area (Å²) >= 11 is 0. The molecular weight excluding hydrogens is 311 g/mol. The number of phenolic OH excluding ortho intramolecular Hbond substituents is 1. The van der Waals surface area contributed by atoms with Crippen molar-refractivity contribution in [2.75, 3.05) is 13.2 Å². The molecule has 9 heteroatoms. The van der Waals surface area contributed by atoms with Gasteiger partial charge >= 0.3 is 6.18 Å². The van der Waals surface area contributed by atoms with Crippen LogP contribution in [0.4, 0.5) is 13.2 Å². The van der Waals surface area contributed by atoms with Crippen LogP contribution in [0.15, 0.2) is 23.1 Å². The predicted octanol–water partition coefficient (Wildman–Crippen LogP) is 1.56. The molecule has 0 bridgehead atoms. The molecule has 0 radical (unpaired) electrons. The average molecular weight is 325 g/mol. The molecule has 21 heavy (non-hydrogen) atoms. The number of aliphatic hydroxyl groups excluding tert-OH is 1. The van der Waals surface area contributed by atoms with Gasteiger partial charge in [0.1, 0.15) is 10.6 Å². The number of hydrogen-bond acceptors (Lipinski definition) is 4. The van der Waals surface area contributed by atoms with Gasteiger partial charge in [-0.05, 0) is 31.0 Å². The minimum Gasteiger partial charge on any atom is -0.507 e. The summed E-state index contributed by atoms with van der Waals surface area (Å²) in [5, 5.41) is 18.8. The third-order valence-electron chi connectivity index (χ3n) is 3.41. The molecule has 1 aliphatic heterocycles. The summed E-state index contributed by atoms with van der Waals surface area (Å²) in [4.78, 5) is -0.794. The molecule has 1 saturated heterocycles. The number of aliphatic hydroxyl groups is 1. The average Bonchev–Trinajstić information content (AvgIpc) is 2.86. The van der Waals surface area contributed by atoms with E-state index in [1.165, 1.54) is 0 Å². The zero-order valence-corrected chi connectivity index (χ0v) is 11.7. The van der Waals surface area contributed by atoms with Crippen LogP contribution in [-0.4, -0.2) is 42.1 Å². The smallest absolute Gasteiger partial charge is 0.416 e. The van der Waals surface area contributed by atoms with Gasteiger partial charge in [0.25, 0.3) is 0 Å². The van der Waals surface area contributed by atoms with Crippen molar-refractivity contribution in [1.29, 1.82) is 0 Å². The molecule has 0 saturated carbocycles. The van der Waals surface area contributed by atoms with Gasteiger partial charge in [-0.25, -0.2) is 8.42 Å². The maximum absolute atomic E-state index is 12.7. The molecule has 5 nitrogen and oxygen atoms in total. The Morgan fingerprint density at radius 2 is 2.00 bits per heavy atom. The molecule has 0 unspecified atom stereocenters. The van der Waals surface area contributed by atoms with E-state index in [0.717, 1.165) is 4.31 Å². The van der Waals surface area contributed by atoms with Crippen molar-refractivity contribution < 1.29 is 31.8 Å². The first-order valence-electron chi connectivity index (χ1n) is 6.21. The minimum atomic E-state index is -4.71. The largest absolute Gasteiger partial charge is 0.507 e. The second-order valence-corrected chi connectivity index (χ2v) is 6.63. The molecule has 118 valence electrons. The van der Waals surface area contributed by atoms with E-state index in [1.54, 1.807) is 0 Å². The molecule has 1 aromatic rings. The zero-order chi connectivity index (χ0) is 15.8. The van der Waals surface area contributed by atoms with Gasteiger partial charge in [-0.2, -0.15) is 17.5 Å². The Kier molecular flexibility index (Phi) is 4.18. The SMILES string of the molecule is O=S(=O)(c1cc(C(F)(F)F)ccc1O)N1CCC[C@H]1CO. The van der Waals surface area contributed by atoms with E-state index < -0.39 is 45.1 Å². The quantitative estimate of drug-likeness (QED) is 0.884. The molecular formula is C12H14F3NO4S. The first-order valence-corrected chi connectivity index (χ1v) is 7.65. The molecule has 0 amide bonds. The number of nitrogens with zero attached hydrogens (tertiary/aromatic N) is 1. The summed E-state index contributed by atoms with van der Waals surface area (Å²) in [6.45, 7) is -0.317. The van der Waals surface area contributed by atoms with Crippen LogP contribution in [0.1, 0.15) is 18.4 Å². The number of sulfonamides is 1. The summed E-state index contributed by atoms with van der Waals surface area (Å²) in [5.74, 6) is -0.744. The number of halogens is 3. The maximum Gasteiger partial charge on any atom is 0.416 e. The third-order valence-corrected chi connectivity index (χ3v) is 5.39. The summed E-state index contributed by atoms with van der Waals surface area (Å²) in [7, 11) is -4.29. The van der Waals surface area contributed by atoms with Crippen molar-refractivity contribution in [2.45, 2.75) is 30.0 Å². The van der Waals surface area contributed by atoms with Crippen LogP contribution in [0.5, 0.6) is 5.75 Å². The van der Waals surface area contributed by atoms with Gasteiger partial charge in [0.05, 0.1) is 12.2 Å². The molecule has 0 aliphatic carbocycles. The van der Waals surface area contributed by atoms with E-state index in [4.69, 9.17) is 5.11 Å². The van der Waals surface area contributed by atoms with E-state index in [2.05, 4.69) is 0 Å². The van der Waals surface area contributed by atoms with Gasteiger partial charge in [0.15, 0.2) is 0 Å². The lowest BCUT2D eigenvalue weighted by Crippen LogP contribution is -2.37. The van der Waals surface area contributed by atoms with E-state index in [-0.39, 0.29) is 6.54 Å². The second kappa shape index (κ2) is 5.47. The lowest BCUT2D eigenvalue weighted by Gasteiger charge is -2.23. The standard InChI is InChI=1S/C12H14F3NO4S/c13-12(14,15)8-3-4-10(18)11(6-8)21(19,20)16-5-1-2-9(16)7-17/h3-4,6,9,17-18H,1-2,5,7H2/t9-/m0/s1. The van der Waals surface area contributed by atoms with Crippen molar-refractivity contribution in [3.8, 4) is 5.75 Å². The first kappa shape index (κ1) is 16.1. The number of hydrogen-bond donors (Lipinski definition) is 2. The molecule has 1 fully saturated rings. The molecule has 2 N–H and O–H groups in total. The van der Waals surface area contributed by atoms with Crippen molar-refractivity contribution in [3.05, 3.63) is 23.8 Å². The Hall–Kier alpha value is -1.32. The van der Waals surface area contributed by atoms with Crippen molar-refractivity contribution in [3.63, 3.8) is 0 Å². The Morgan fingerprint density at radius 1 is 1.33 bits per heavy atom. The second-order valence-electron chi connectivity index (χ2n) is 4.77. The van der Waals surface area contributed by atoms with Gasteiger partial charge in [-0.3, -0.25) is 0 Å². The van der Waals surface area contributed by atoms with Crippen LogP contribution in [0, 0.1) is 0 Å². The Balaban J connectivity index is 2.49. The summed E-state index contributed by atoms with van der Waals surface area (Å²) < 4.78 is 63.7. The number of aromatic hydroxyl groups is 1. The van der Waals surface area contributed by atoms with Crippen LogP contribution in [0.2, 0.25) is 0 Å². The van der Waals surface area contributed by atoms with Gasteiger partial charge in [-0.1, -0.05) is 0 Å². The molecule has 1 atom stereocenters. The number of benzene rings is 1. The fourth-order valence-electron chi connectivity index (χ4n) is 2.33. The Labute approximate surface area is 119 Å². The molecule has 0 aromatic heterocycles. The number of rotatable bonds is 3. The van der Waals surface area contributed by atoms with Crippen LogP contribution in [0.25, 0.3) is 0 Å². The molecule has 0 spiro atoms. The van der Waals surface area contributed by atoms with Crippen LogP contribution < -0.4 is 0 Å². The Morgan fingerprint density at radius 3 is 2.57 bits per heavy atom. The van der Waals surface area contributed by atoms with Gasteiger partial charge in [0.2, 0.25) is 10.0 Å². The van der Waals surface area contributed by atoms with Gasteiger partial charge in [0, 0.05) is 12.6 Å². The molecule has 1 heterocycles. The summed E-state index contributed by atoms with van der Waals surface area (Å²) in [6, 6.07) is 1.06. The summed E-state index contributed by atoms with van der Waals surface area (Å²) in [5.41, 5.74) is -1.15. The highest BCUT2D eigenvalue weighted by Crippen LogP contribution is 2.36. The first-order chi connectivity index (χ1) is 9.67. The van der Waals surface area contributed by atoms with E-state index in [1.807, 2.05) is 0 Å². The molecule has 2 rings (SSSR count). The van der Waals surface area contributed by atoms with E-state index >= 15 is 0 Å². The normalized spacial score (nSPS) is 20.9. The van der Waals surface area contributed by atoms with Crippen molar-refractivity contribution in [2.24, 2.45) is 0 Å². The monoisotopic (exact) mass is 325 g/mol. The summed E-state index contributed by atoms with van der Waals surface area (Å²) in [6.07, 6.45) is -3.78. The van der Waals surface area contributed by atoms with Gasteiger partial charge < -0.3 is 10.2 Å². The fraction of sp³-hybridized carbons (Fsp3) is 0.500. The van der Waals surface area contributed by atoms with Crippen LogP contribution in [0.3, 0.4) is 0 Å². The lowest BCUT2D eigenvalue weighted by molar-refractivity contribution is -0.137. The topological polar surface area (TPSA) is 77.8 Å². The van der Waals surface area contributed by atoms with E-state index in [0.29, 0.717) is 31.0 Å². The highest BCUT2D eigenvalue weighted by molar-refractivity contribution is 7.89. The molecule has 1 aliphatic rings. The van der Waals surface area contributed by atoms with Crippen LogP contribution >= 0.6 is 0 Å². The van der Waals surface area contributed by atoms with Gasteiger partial charge in [-0.15, -0.1) is 0 Å². The zero-order valence-electron chi connectivity index (χ0n) is 10.8.